The Balaban J connectivity index is 1.96. The van der Waals surface area contributed by atoms with Crippen molar-refractivity contribution in [2.75, 3.05) is 31.8 Å². The Kier molecular flexibility index (Phi) is 11.3. The van der Waals surface area contributed by atoms with Crippen LogP contribution in [0.2, 0.25) is 10.0 Å². The Morgan fingerprint density at radius 2 is 1.71 bits per heavy atom. The summed E-state index contributed by atoms with van der Waals surface area (Å²) < 4.78 is 2.72. The van der Waals surface area contributed by atoms with Gasteiger partial charge in [0.05, 0.1) is 17.2 Å². The van der Waals surface area contributed by atoms with Crippen LogP contribution in [-0.4, -0.2) is 49.7 Å². The van der Waals surface area contributed by atoms with Crippen molar-refractivity contribution in [2.24, 2.45) is 0 Å². The molecule has 7 nitrogen and oxygen atoms in total. The molecule has 0 spiro atoms. The van der Waals surface area contributed by atoms with Crippen molar-refractivity contribution in [1.29, 1.82) is 5.26 Å². The number of carbonyl (C=O) groups is 2. The number of nitrogens with one attached hydrogen (secondary N) is 2. The summed E-state index contributed by atoms with van der Waals surface area (Å²) in [5.74, 6) is -0.421. The molecule has 0 heterocycles. The predicted molar refractivity (Wildman–Crippen MR) is 169 cm³/mol. The van der Waals surface area contributed by atoms with Gasteiger partial charge in [-0.2, -0.15) is 5.26 Å². The summed E-state index contributed by atoms with van der Waals surface area (Å²) in [6.45, 7) is 7.41. The lowest BCUT2D eigenvalue weighted by atomic mass is 9.76. The fraction of sp³-hybridized carbons (Fsp3) is 0.258. The lowest BCUT2D eigenvalue weighted by Gasteiger charge is -2.47. The van der Waals surface area contributed by atoms with Gasteiger partial charge in [0.2, 0.25) is 6.41 Å². The van der Waals surface area contributed by atoms with Gasteiger partial charge in [-0.1, -0.05) is 66.0 Å². The van der Waals surface area contributed by atoms with E-state index in [1.807, 2.05) is 43.1 Å². The molecule has 1 unspecified atom stereocenters. The molecule has 0 aromatic heterocycles. The Labute approximate surface area is 256 Å². The lowest BCUT2D eigenvalue weighted by molar-refractivity contribution is -0.121. The second-order valence-corrected chi connectivity index (χ2v) is 11.2. The minimum atomic E-state index is -0.910. The second kappa shape index (κ2) is 14.4. The first-order chi connectivity index (χ1) is 19.5. The first-order valence-electron chi connectivity index (χ1n) is 12.8. The quantitative estimate of drug-likeness (QED) is 0.176. The van der Waals surface area contributed by atoms with E-state index >= 15 is 0 Å². The van der Waals surface area contributed by atoms with Crippen molar-refractivity contribution >= 4 is 53.2 Å². The SMILES string of the molecule is C=C(N(C)c1cc(Cl)cc(Cl)c1)[C@@](C)(C(CNCc1ccc(C(=O)NSC)cc1)c1ccc(C#N)cc1)N(C)C=O. The molecule has 2 amide bonds. The maximum atomic E-state index is 12.3. The summed E-state index contributed by atoms with van der Waals surface area (Å²) in [6, 6.07) is 22.1. The molecule has 0 radical (unpaired) electrons. The van der Waals surface area contributed by atoms with Crippen molar-refractivity contribution in [3.8, 4) is 6.07 Å². The molecular formula is C31H33Cl2N5O2S. The van der Waals surface area contributed by atoms with Gasteiger partial charge in [-0.3, -0.25) is 14.3 Å². The number of rotatable bonds is 13. The second-order valence-electron chi connectivity index (χ2n) is 9.75. The average Bonchev–Trinajstić information content (AvgIpc) is 2.97. The highest BCUT2D eigenvalue weighted by Crippen LogP contribution is 2.40. The standard InChI is InChI=1S/C31H33Cl2N5O2S/c1-21(38(4)28-15-26(32)14-27(33)16-28)31(2,37(3)20-39)29(24-10-6-22(17-34)7-11-24)19-35-18-23-8-12-25(13-9-23)30(40)36-41-5/h6-16,20,29,35H,1,18-19H2,2-5H3,(H,36,40)/t29?,31-/m0/s1. The van der Waals surface area contributed by atoms with Crippen molar-refractivity contribution in [2.45, 2.75) is 24.9 Å². The monoisotopic (exact) mass is 609 g/mol. The summed E-state index contributed by atoms with van der Waals surface area (Å²) in [6.07, 6.45) is 2.59. The van der Waals surface area contributed by atoms with Crippen LogP contribution in [-0.2, 0) is 11.3 Å². The van der Waals surface area contributed by atoms with Gasteiger partial charge in [-0.05, 0) is 60.5 Å². The third-order valence-electron chi connectivity index (χ3n) is 7.32. The topological polar surface area (TPSA) is 88.5 Å². The van der Waals surface area contributed by atoms with Gasteiger partial charge in [0.15, 0.2) is 0 Å². The highest BCUT2D eigenvalue weighted by atomic mass is 35.5. The molecule has 41 heavy (non-hydrogen) atoms. The number of carbonyl (C=O) groups excluding carboxylic acids is 2. The van der Waals surface area contributed by atoms with Crippen molar-refractivity contribution in [1.82, 2.24) is 14.9 Å². The van der Waals surface area contributed by atoms with Crippen LogP contribution in [0.15, 0.2) is 79.0 Å². The van der Waals surface area contributed by atoms with Crippen LogP contribution in [0.1, 0.15) is 39.9 Å². The Hall–Kier alpha value is -3.48. The molecule has 2 atom stereocenters. The van der Waals surface area contributed by atoms with E-state index in [-0.39, 0.29) is 11.8 Å². The molecular weight excluding hydrogens is 577 g/mol. The zero-order chi connectivity index (χ0) is 30.2. The largest absolute Gasteiger partial charge is 0.346 e. The number of hydrogen-bond donors (Lipinski definition) is 2. The highest BCUT2D eigenvalue weighted by molar-refractivity contribution is 7.97. The van der Waals surface area contributed by atoms with Gasteiger partial charge in [-0.15, -0.1) is 0 Å². The van der Waals surface area contributed by atoms with Crippen LogP contribution in [0.3, 0.4) is 0 Å². The third-order valence-corrected chi connectivity index (χ3v) is 8.15. The Bertz CT molecular complexity index is 1410. The molecule has 10 heteroatoms. The van der Waals surface area contributed by atoms with Gasteiger partial charge < -0.3 is 15.1 Å². The maximum Gasteiger partial charge on any atom is 0.261 e. The maximum absolute atomic E-state index is 12.3. The van der Waals surface area contributed by atoms with E-state index < -0.39 is 5.54 Å². The van der Waals surface area contributed by atoms with Crippen molar-refractivity contribution < 1.29 is 9.59 Å². The zero-order valence-electron chi connectivity index (χ0n) is 23.4. The van der Waals surface area contributed by atoms with Crippen LogP contribution < -0.4 is 14.9 Å². The van der Waals surface area contributed by atoms with Crippen LogP contribution in [0.5, 0.6) is 0 Å². The fourth-order valence-electron chi connectivity index (χ4n) is 4.71. The van der Waals surface area contributed by atoms with Gasteiger partial charge in [-0.25, -0.2) is 0 Å². The molecule has 0 fully saturated rings. The summed E-state index contributed by atoms with van der Waals surface area (Å²) in [4.78, 5) is 27.9. The minimum Gasteiger partial charge on any atom is -0.346 e. The van der Waals surface area contributed by atoms with Gasteiger partial charge >= 0.3 is 0 Å². The minimum absolute atomic E-state index is 0.144. The number of halogens is 2. The molecule has 214 valence electrons. The van der Waals surface area contributed by atoms with Gasteiger partial charge in [0.1, 0.15) is 0 Å². The van der Waals surface area contributed by atoms with E-state index in [1.165, 1.54) is 11.9 Å². The van der Waals surface area contributed by atoms with Gasteiger partial charge in [0, 0.05) is 66.4 Å². The normalized spacial score (nSPS) is 12.9. The summed E-state index contributed by atoms with van der Waals surface area (Å²) in [5.41, 5.74) is 3.52. The summed E-state index contributed by atoms with van der Waals surface area (Å²) in [5, 5.41) is 13.8. The number of hydrogen-bond acceptors (Lipinski definition) is 6. The summed E-state index contributed by atoms with van der Waals surface area (Å²) in [7, 11) is 3.59. The third kappa shape index (κ3) is 7.63. The number of benzene rings is 3. The lowest BCUT2D eigenvalue weighted by Crippen LogP contribution is -2.55. The predicted octanol–water partition coefficient (Wildman–Crippen LogP) is 6.24. The molecule has 0 saturated carbocycles. The van der Waals surface area contributed by atoms with Crippen LogP contribution in [0, 0.1) is 11.3 Å². The number of anilines is 1. The van der Waals surface area contributed by atoms with Gasteiger partial charge in [0.25, 0.3) is 5.91 Å². The highest BCUT2D eigenvalue weighted by Gasteiger charge is 2.43. The van der Waals surface area contributed by atoms with Crippen LogP contribution in [0.25, 0.3) is 0 Å². The van der Waals surface area contributed by atoms with Crippen LogP contribution in [0.4, 0.5) is 5.69 Å². The fourth-order valence-corrected chi connectivity index (χ4v) is 5.52. The van der Waals surface area contributed by atoms with E-state index in [4.69, 9.17) is 23.2 Å². The van der Waals surface area contributed by atoms with Crippen LogP contribution >= 0.6 is 35.1 Å². The molecule has 3 rings (SSSR count). The molecule has 3 aromatic rings. The number of likely N-dealkylation sites (N-methyl/N-ethyl adjacent to an activating group) is 2. The number of nitrogens with zero attached hydrogens (tertiary/aromatic N) is 3. The molecule has 0 aliphatic heterocycles. The van der Waals surface area contributed by atoms with E-state index in [2.05, 4.69) is 22.7 Å². The first-order valence-corrected chi connectivity index (χ1v) is 14.7. The van der Waals surface area contributed by atoms with E-state index in [0.29, 0.717) is 40.0 Å². The average molecular weight is 611 g/mol. The van der Waals surface area contributed by atoms with E-state index in [9.17, 15) is 14.9 Å². The zero-order valence-corrected chi connectivity index (χ0v) is 25.8. The van der Waals surface area contributed by atoms with Crippen molar-refractivity contribution in [3.05, 3.63) is 111 Å². The molecule has 0 bridgehead atoms. The number of nitriles is 1. The first kappa shape index (κ1) is 32.0. The molecule has 2 N–H and O–H groups in total. The van der Waals surface area contributed by atoms with Crippen molar-refractivity contribution in [3.63, 3.8) is 0 Å². The van der Waals surface area contributed by atoms with E-state index in [0.717, 1.165) is 23.2 Å². The van der Waals surface area contributed by atoms with E-state index in [1.54, 1.807) is 60.7 Å². The molecule has 3 aromatic carbocycles. The smallest absolute Gasteiger partial charge is 0.261 e. The molecule has 0 saturated heterocycles. The Morgan fingerprint density at radius 1 is 1.10 bits per heavy atom. The Morgan fingerprint density at radius 3 is 2.24 bits per heavy atom. The molecule has 0 aliphatic carbocycles. The molecule has 0 aliphatic rings. The number of amides is 2. The summed E-state index contributed by atoms with van der Waals surface area (Å²) >= 11 is 13.8.